The maximum atomic E-state index is 12.0. The predicted molar refractivity (Wildman–Crippen MR) is 79.5 cm³/mol. The fraction of sp³-hybridized carbons (Fsp3) is 0.125. The fourth-order valence-corrected chi connectivity index (χ4v) is 2.96. The van der Waals surface area contributed by atoms with Crippen LogP contribution in [0.1, 0.15) is 11.1 Å². The summed E-state index contributed by atoms with van der Waals surface area (Å²) < 4.78 is 0. The number of rotatable bonds is 3. The molecular weight excluding hydrogens is 254 g/mol. The van der Waals surface area contributed by atoms with Crippen molar-refractivity contribution in [2.45, 2.75) is 12.5 Å². The number of benzene rings is 2. The zero-order chi connectivity index (χ0) is 13.1. The summed E-state index contributed by atoms with van der Waals surface area (Å²) in [6.07, 6.45) is 0.684. The number of hydrogen-bond acceptors (Lipinski definition) is 3. The first-order valence-electron chi connectivity index (χ1n) is 6.22. The molecule has 1 heterocycles. The lowest BCUT2D eigenvalue weighted by Gasteiger charge is -2.03. The first-order chi connectivity index (χ1) is 9.33. The Labute approximate surface area is 116 Å². The maximum Gasteiger partial charge on any atom is 0.220 e. The van der Waals surface area contributed by atoms with E-state index in [9.17, 15) is 4.79 Å². The van der Waals surface area contributed by atoms with E-state index in [1.54, 1.807) is 0 Å². The van der Waals surface area contributed by atoms with Crippen molar-refractivity contribution in [3.8, 4) is 0 Å². The van der Waals surface area contributed by atoms with Gasteiger partial charge in [-0.15, -0.1) is 0 Å². The van der Waals surface area contributed by atoms with Gasteiger partial charge in [0.2, 0.25) is 5.12 Å². The highest BCUT2D eigenvalue weighted by Crippen LogP contribution is 2.26. The molecule has 0 bridgehead atoms. The molecule has 1 aliphatic heterocycles. The molecular formula is C16H13NOS. The highest BCUT2D eigenvalue weighted by Gasteiger charge is 2.28. The predicted octanol–water partition coefficient (Wildman–Crippen LogP) is 3.32. The van der Waals surface area contributed by atoms with Crippen molar-refractivity contribution in [1.29, 1.82) is 0 Å². The van der Waals surface area contributed by atoms with Crippen LogP contribution < -0.4 is 0 Å². The Kier molecular flexibility index (Phi) is 3.47. The topological polar surface area (TPSA) is 29.4 Å². The summed E-state index contributed by atoms with van der Waals surface area (Å²) in [6, 6.07) is 19.7. The van der Waals surface area contributed by atoms with E-state index in [-0.39, 0.29) is 11.2 Å². The Balaban J connectivity index is 1.80. The summed E-state index contributed by atoms with van der Waals surface area (Å²) in [4.78, 5) is 16.6. The number of nitrogens with zero attached hydrogens (tertiary/aromatic N) is 1. The van der Waals surface area contributed by atoms with Crippen LogP contribution in [0.4, 0.5) is 0 Å². The summed E-state index contributed by atoms with van der Waals surface area (Å²) in [6.45, 7) is 0. The molecule has 2 aromatic carbocycles. The average molecular weight is 267 g/mol. The van der Waals surface area contributed by atoms with Gasteiger partial charge in [0.05, 0.1) is 0 Å². The molecule has 0 aliphatic carbocycles. The Hall–Kier alpha value is -1.87. The molecule has 3 heteroatoms. The summed E-state index contributed by atoms with van der Waals surface area (Å²) in [7, 11) is 0. The van der Waals surface area contributed by atoms with Gasteiger partial charge in [0.25, 0.3) is 0 Å². The summed E-state index contributed by atoms with van der Waals surface area (Å²) in [5, 5.41) is 0.981. The molecule has 94 valence electrons. The van der Waals surface area contributed by atoms with Gasteiger partial charge in [-0.05, 0) is 17.3 Å². The Morgan fingerprint density at radius 2 is 1.58 bits per heavy atom. The number of thioether (sulfide) groups is 1. The molecule has 0 N–H and O–H groups in total. The van der Waals surface area contributed by atoms with Crippen molar-refractivity contribution in [2.24, 2.45) is 4.99 Å². The Morgan fingerprint density at radius 3 is 2.26 bits per heavy atom. The third-order valence-electron chi connectivity index (χ3n) is 3.04. The van der Waals surface area contributed by atoms with E-state index in [2.05, 4.69) is 4.99 Å². The minimum Gasteiger partial charge on any atom is -0.284 e. The van der Waals surface area contributed by atoms with Crippen molar-refractivity contribution in [3.05, 3.63) is 71.8 Å². The smallest absolute Gasteiger partial charge is 0.220 e. The van der Waals surface area contributed by atoms with Crippen LogP contribution in [0.15, 0.2) is 65.7 Å². The minimum absolute atomic E-state index is 0.141. The van der Waals surface area contributed by atoms with Crippen molar-refractivity contribution in [2.75, 3.05) is 0 Å². The first-order valence-corrected chi connectivity index (χ1v) is 7.03. The molecule has 0 amide bonds. The van der Waals surface area contributed by atoms with E-state index in [1.165, 1.54) is 11.8 Å². The summed E-state index contributed by atoms with van der Waals surface area (Å²) >= 11 is 1.26. The van der Waals surface area contributed by atoms with Gasteiger partial charge in [0.1, 0.15) is 11.1 Å². The molecule has 1 aliphatic rings. The molecule has 1 unspecified atom stereocenters. The van der Waals surface area contributed by atoms with Gasteiger partial charge in [-0.1, -0.05) is 60.7 Å². The normalized spacial score (nSPS) is 18.4. The minimum atomic E-state index is -0.248. The summed E-state index contributed by atoms with van der Waals surface area (Å²) in [5.41, 5.74) is 2.18. The molecule has 0 radical (unpaired) electrons. The van der Waals surface area contributed by atoms with Gasteiger partial charge >= 0.3 is 0 Å². The molecule has 0 aromatic heterocycles. The molecule has 0 fully saturated rings. The van der Waals surface area contributed by atoms with Gasteiger partial charge in [-0.25, -0.2) is 0 Å². The first kappa shape index (κ1) is 12.2. The van der Waals surface area contributed by atoms with Crippen LogP contribution in [0.5, 0.6) is 0 Å². The fourth-order valence-electron chi connectivity index (χ4n) is 2.06. The number of aliphatic imine (C=N–C) groups is 1. The molecule has 2 aromatic rings. The highest BCUT2D eigenvalue weighted by atomic mass is 32.2. The summed E-state index contributed by atoms with van der Waals surface area (Å²) in [5.74, 6) is 0. The lowest BCUT2D eigenvalue weighted by atomic mass is 10.1. The molecule has 0 saturated heterocycles. The van der Waals surface area contributed by atoms with Crippen LogP contribution in [0.2, 0.25) is 0 Å². The van der Waals surface area contributed by atoms with Gasteiger partial charge in [-0.2, -0.15) is 0 Å². The number of hydrogen-bond donors (Lipinski definition) is 0. The largest absolute Gasteiger partial charge is 0.284 e. The monoisotopic (exact) mass is 267 g/mol. The van der Waals surface area contributed by atoms with Crippen LogP contribution in [0, 0.1) is 0 Å². The lowest BCUT2D eigenvalue weighted by molar-refractivity contribution is -0.111. The van der Waals surface area contributed by atoms with Crippen LogP contribution in [-0.2, 0) is 11.2 Å². The standard InChI is InChI=1S/C16H13NOS/c18-16-14(11-12-7-3-1-4-8-12)17-15(19-16)13-9-5-2-6-10-13/h1-10,14H,11H2. The Bertz CT molecular complexity index is 607. The van der Waals surface area contributed by atoms with E-state index in [4.69, 9.17) is 0 Å². The van der Waals surface area contributed by atoms with Crippen molar-refractivity contribution in [1.82, 2.24) is 0 Å². The highest BCUT2D eigenvalue weighted by molar-refractivity contribution is 8.27. The van der Waals surface area contributed by atoms with E-state index < -0.39 is 0 Å². The molecule has 1 atom stereocenters. The van der Waals surface area contributed by atoms with Crippen molar-refractivity contribution >= 4 is 21.9 Å². The van der Waals surface area contributed by atoms with E-state index in [0.717, 1.165) is 16.2 Å². The third-order valence-corrected chi connectivity index (χ3v) is 4.04. The number of carbonyl (C=O) groups excluding carboxylic acids is 1. The Morgan fingerprint density at radius 1 is 0.947 bits per heavy atom. The molecule has 19 heavy (non-hydrogen) atoms. The van der Waals surface area contributed by atoms with Gasteiger partial charge in [0.15, 0.2) is 0 Å². The van der Waals surface area contributed by atoms with Crippen LogP contribution >= 0.6 is 11.8 Å². The second-order valence-electron chi connectivity index (χ2n) is 4.43. The van der Waals surface area contributed by atoms with E-state index in [0.29, 0.717) is 6.42 Å². The quantitative estimate of drug-likeness (QED) is 0.853. The second-order valence-corrected chi connectivity index (χ2v) is 5.42. The van der Waals surface area contributed by atoms with Gasteiger partial charge in [0, 0.05) is 12.0 Å². The van der Waals surface area contributed by atoms with E-state index in [1.807, 2.05) is 60.7 Å². The second kappa shape index (κ2) is 5.41. The molecule has 2 nitrogen and oxygen atoms in total. The molecule has 0 saturated carbocycles. The van der Waals surface area contributed by atoms with E-state index >= 15 is 0 Å². The zero-order valence-corrected chi connectivity index (χ0v) is 11.1. The van der Waals surface area contributed by atoms with Crippen LogP contribution in [0.25, 0.3) is 0 Å². The lowest BCUT2D eigenvalue weighted by Crippen LogP contribution is -2.13. The number of carbonyl (C=O) groups is 1. The van der Waals surface area contributed by atoms with Crippen molar-refractivity contribution in [3.63, 3.8) is 0 Å². The molecule has 3 rings (SSSR count). The van der Waals surface area contributed by atoms with Crippen LogP contribution in [0.3, 0.4) is 0 Å². The SMILES string of the molecule is O=C1SC(c2ccccc2)=NC1Cc1ccccc1. The third kappa shape index (κ3) is 2.76. The maximum absolute atomic E-state index is 12.0. The van der Waals surface area contributed by atoms with Gasteiger partial charge in [-0.3, -0.25) is 9.79 Å². The van der Waals surface area contributed by atoms with Gasteiger partial charge < -0.3 is 0 Å². The zero-order valence-electron chi connectivity index (χ0n) is 10.3. The molecule has 0 spiro atoms. The van der Waals surface area contributed by atoms with Crippen molar-refractivity contribution < 1.29 is 4.79 Å². The van der Waals surface area contributed by atoms with Crippen LogP contribution in [-0.4, -0.2) is 16.2 Å². The average Bonchev–Trinajstić information content (AvgIpc) is 2.82.